The first-order valence-electron chi connectivity index (χ1n) is 6.70. The van der Waals surface area contributed by atoms with Gasteiger partial charge in [-0.1, -0.05) is 0 Å². The molecule has 2 rings (SSSR count). The number of rotatable bonds is 3. The minimum absolute atomic E-state index is 0.00423. The summed E-state index contributed by atoms with van der Waals surface area (Å²) in [7, 11) is 0. The molecule has 4 nitrogen and oxygen atoms in total. The lowest BCUT2D eigenvalue weighted by Crippen LogP contribution is -2.13. The first kappa shape index (κ1) is 18.1. The molecule has 0 amide bonds. The zero-order valence-corrected chi connectivity index (χ0v) is 12.2. The summed E-state index contributed by atoms with van der Waals surface area (Å²) in [5.74, 6) is -0.990. The second-order valence-electron chi connectivity index (χ2n) is 4.85. The molecule has 1 heterocycles. The van der Waals surface area contributed by atoms with Crippen molar-refractivity contribution in [3.8, 4) is 0 Å². The zero-order chi connectivity index (χ0) is 18.3. The van der Waals surface area contributed by atoms with Crippen LogP contribution >= 0.6 is 0 Å². The molecule has 10 heteroatoms. The second kappa shape index (κ2) is 6.00. The van der Waals surface area contributed by atoms with Crippen LogP contribution in [0, 0.1) is 0 Å². The van der Waals surface area contributed by atoms with Gasteiger partial charge in [0, 0.05) is 23.0 Å². The molecule has 0 unspecified atom stereocenters. The molecule has 24 heavy (non-hydrogen) atoms. The summed E-state index contributed by atoms with van der Waals surface area (Å²) < 4.78 is 82.9. The Morgan fingerprint density at radius 1 is 1.17 bits per heavy atom. The molecule has 0 aliphatic heterocycles. The summed E-state index contributed by atoms with van der Waals surface area (Å²) in [6.45, 7) is 0.937. The van der Waals surface area contributed by atoms with E-state index in [1.807, 2.05) is 0 Å². The molecule has 0 aliphatic carbocycles. The van der Waals surface area contributed by atoms with E-state index in [1.165, 1.54) is 6.92 Å². The van der Waals surface area contributed by atoms with Gasteiger partial charge < -0.3 is 15.5 Å². The van der Waals surface area contributed by atoms with Gasteiger partial charge in [0.2, 0.25) is 0 Å². The Kier molecular flexibility index (Phi) is 4.53. The highest BCUT2D eigenvalue weighted by Crippen LogP contribution is 2.41. The molecule has 0 saturated carbocycles. The van der Waals surface area contributed by atoms with Crippen molar-refractivity contribution in [2.24, 2.45) is 5.73 Å². The summed E-state index contributed by atoms with van der Waals surface area (Å²) in [4.78, 5) is 14.1. The number of fused-ring (bicyclic) bond motifs is 1. The molecule has 1 aromatic carbocycles. The highest BCUT2D eigenvalue weighted by atomic mass is 19.4. The summed E-state index contributed by atoms with van der Waals surface area (Å²) in [6.07, 6.45) is -10.0. The van der Waals surface area contributed by atoms with Crippen LogP contribution in [0.2, 0.25) is 0 Å². The van der Waals surface area contributed by atoms with Gasteiger partial charge >= 0.3 is 18.3 Å². The smallest absolute Gasteiger partial charge is 0.417 e. The number of halogens is 6. The first-order valence-corrected chi connectivity index (χ1v) is 6.70. The second-order valence-corrected chi connectivity index (χ2v) is 4.85. The molecule has 0 atom stereocenters. The maximum atomic E-state index is 13.2. The largest absolute Gasteiger partial charge is 0.461 e. The predicted molar refractivity (Wildman–Crippen MR) is 72.2 cm³/mol. The maximum Gasteiger partial charge on any atom is 0.417 e. The summed E-state index contributed by atoms with van der Waals surface area (Å²) in [6, 6.07) is 0.511. The number of hydrogen-bond donors (Lipinski definition) is 2. The van der Waals surface area contributed by atoms with Gasteiger partial charge in [-0.15, -0.1) is 0 Å². The van der Waals surface area contributed by atoms with Gasteiger partial charge in [0.15, 0.2) is 0 Å². The van der Waals surface area contributed by atoms with E-state index in [2.05, 4.69) is 4.98 Å². The van der Waals surface area contributed by atoms with Gasteiger partial charge in [0.25, 0.3) is 0 Å². The number of carbonyl (C=O) groups is 1. The Bertz CT molecular complexity index is 776. The fourth-order valence-electron chi connectivity index (χ4n) is 2.37. The Balaban J connectivity index is 2.87. The maximum absolute atomic E-state index is 13.2. The lowest BCUT2D eigenvalue weighted by molar-refractivity contribution is -0.142. The molecule has 0 saturated heterocycles. The lowest BCUT2D eigenvalue weighted by Gasteiger charge is -2.13. The van der Waals surface area contributed by atoms with Crippen molar-refractivity contribution in [2.75, 3.05) is 6.61 Å². The lowest BCUT2D eigenvalue weighted by atomic mass is 10.0. The van der Waals surface area contributed by atoms with Crippen LogP contribution in [-0.2, 0) is 23.6 Å². The fourth-order valence-corrected chi connectivity index (χ4v) is 2.37. The van der Waals surface area contributed by atoms with E-state index in [0.717, 1.165) is 0 Å². The number of alkyl halides is 6. The van der Waals surface area contributed by atoms with Crippen molar-refractivity contribution < 1.29 is 35.9 Å². The summed E-state index contributed by atoms with van der Waals surface area (Å²) in [5, 5.41) is -0.568. The molecule has 0 aliphatic rings. The first-order chi connectivity index (χ1) is 11.0. The number of aromatic nitrogens is 1. The van der Waals surface area contributed by atoms with Crippen molar-refractivity contribution in [3.05, 3.63) is 34.5 Å². The van der Waals surface area contributed by atoms with E-state index < -0.39 is 46.9 Å². The van der Waals surface area contributed by atoms with Gasteiger partial charge in [-0.05, 0) is 19.1 Å². The Morgan fingerprint density at radius 3 is 2.25 bits per heavy atom. The van der Waals surface area contributed by atoms with Crippen LogP contribution in [-0.4, -0.2) is 17.6 Å². The van der Waals surface area contributed by atoms with Gasteiger partial charge in [-0.25, -0.2) is 4.79 Å². The van der Waals surface area contributed by atoms with Crippen molar-refractivity contribution in [1.29, 1.82) is 0 Å². The van der Waals surface area contributed by atoms with Crippen LogP contribution in [0.4, 0.5) is 26.3 Å². The molecule has 0 fully saturated rings. The third kappa shape index (κ3) is 3.18. The molecular weight excluding hydrogens is 342 g/mol. The Labute approximate surface area is 131 Å². The molecule has 2 aromatic rings. The van der Waals surface area contributed by atoms with Crippen molar-refractivity contribution in [3.63, 3.8) is 0 Å². The predicted octanol–water partition coefficient (Wildman–Crippen LogP) is 3.84. The van der Waals surface area contributed by atoms with Crippen LogP contribution < -0.4 is 5.73 Å². The number of hydrogen-bond acceptors (Lipinski definition) is 3. The highest BCUT2D eigenvalue weighted by molar-refractivity contribution is 6.00. The average molecular weight is 354 g/mol. The van der Waals surface area contributed by atoms with E-state index in [0.29, 0.717) is 6.07 Å². The number of H-pyrrole nitrogens is 1. The third-order valence-electron chi connectivity index (χ3n) is 3.32. The monoisotopic (exact) mass is 354 g/mol. The molecule has 0 spiro atoms. The molecular formula is C14H12F6N2O2. The van der Waals surface area contributed by atoms with E-state index in [9.17, 15) is 31.1 Å². The number of benzene rings is 1. The number of ether oxygens (including phenoxy) is 1. The number of aromatic amines is 1. The molecule has 132 valence electrons. The number of esters is 1. The Morgan fingerprint density at radius 2 is 1.79 bits per heavy atom. The average Bonchev–Trinajstić information content (AvgIpc) is 2.82. The minimum Gasteiger partial charge on any atom is -0.461 e. The van der Waals surface area contributed by atoms with Crippen LogP contribution in [0.15, 0.2) is 12.1 Å². The number of carbonyl (C=O) groups excluding carboxylic acids is 1. The van der Waals surface area contributed by atoms with Crippen LogP contribution in [0.25, 0.3) is 10.9 Å². The van der Waals surface area contributed by atoms with Gasteiger partial charge in [0.1, 0.15) is 5.69 Å². The third-order valence-corrected chi connectivity index (χ3v) is 3.32. The van der Waals surface area contributed by atoms with E-state index in [1.54, 1.807) is 0 Å². The van der Waals surface area contributed by atoms with Crippen LogP contribution in [0.3, 0.4) is 0 Å². The standard InChI is InChI=1S/C14H12F6N2O2/c1-2-24-12(23)11-7(5-21)10-8(14(18,19)20)3-6(13(15,16)17)4-9(10)22-11/h3-4,22H,2,5,21H2,1H3. The molecule has 0 radical (unpaired) electrons. The van der Waals surface area contributed by atoms with Crippen LogP contribution in [0.5, 0.6) is 0 Å². The number of nitrogens with two attached hydrogens (primary N) is 1. The number of nitrogens with one attached hydrogen (secondary N) is 1. The van der Waals surface area contributed by atoms with E-state index >= 15 is 0 Å². The highest BCUT2D eigenvalue weighted by Gasteiger charge is 2.39. The fraction of sp³-hybridized carbons (Fsp3) is 0.357. The normalized spacial score (nSPS) is 12.7. The SMILES string of the molecule is CCOC(=O)c1[nH]c2cc(C(F)(F)F)cc(C(F)(F)F)c2c1CN. The van der Waals surface area contributed by atoms with Crippen molar-refractivity contribution >= 4 is 16.9 Å². The van der Waals surface area contributed by atoms with Gasteiger partial charge in [0.05, 0.1) is 17.7 Å². The zero-order valence-electron chi connectivity index (χ0n) is 12.2. The molecule has 1 aromatic heterocycles. The van der Waals surface area contributed by atoms with Crippen molar-refractivity contribution in [2.45, 2.75) is 25.8 Å². The quantitative estimate of drug-likeness (QED) is 0.650. The minimum atomic E-state index is -5.06. The van der Waals surface area contributed by atoms with Gasteiger partial charge in [-0.3, -0.25) is 0 Å². The van der Waals surface area contributed by atoms with Gasteiger partial charge in [-0.2, -0.15) is 26.3 Å². The molecule has 3 N–H and O–H groups in total. The van der Waals surface area contributed by atoms with E-state index in [4.69, 9.17) is 10.5 Å². The Hall–Kier alpha value is -2.23. The summed E-state index contributed by atoms with van der Waals surface area (Å²) in [5.41, 5.74) is 1.29. The van der Waals surface area contributed by atoms with Crippen LogP contribution in [0.1, 0.15) is 34.1 Å². The van der Waals surface area contributed by atoms with E-state index in [-0.39, 0.29) is 23.9 Å². The molecule has 0 bridgehead atoms. The van der Waals surface area contributed by atoms with Crippen molar-refractivity contribution in [1.82, 2.24) is 4.98 Å². The summed E-state index contributed by atoms with van der Waals surface area (Å²) >= 11 is 0. The topological polar surface area (TPSA) is 68.1 Å².